The third-order valence-corrected chi connectivity index (χ3v) is 4.23. The fraction of sp³-hybridized carbons (Fsp3) is 0.316. The highest BCUT2D eigenvalue weighted by Crippen LogP contribution is 2.26. The predicted molar refractivity (Wildman–Crippen MR) is 99.0 cm³/mol. The Labute approximate surface area is 142 Å². The molecule has 0 aliphatic rings. The van der Waals surface area contributed by atoms with Crippen LogP contribution in [-0.4, -0.2) is 46.3 Å². The number of hydrogen-bond donors (Lipinski definition) is 1. The van der Waals surface area contributed by atoms with Crippen LogP contribution in [0.15, 0.2) is 48.7 Å². The van der Waals surface area contributed by atoms with Gasteiger partial charge in [0.1, 0.15) is 0 Å². The Morgan fingerprint density at radius 2 is 1.79 bits per heavy atom. The number of likely N-dealkylation sites (N-methyl/N-ethyl adjacent to an activating group) is 1. The van der Waals surface area contributed by atoms with E-state index in [1.165, 1.54) is 10.8 Å². The second-order valence-corrected chi connectivity index (χ2v) is 5.65. The average molecular weight is 321 g/mol. The first kappa shape index (κ1) is 16.3. The molecule has 0 unspecified atom stereocenters. The van der Waals surface area contributed by atoms with E-state index in [1.807, 2.05) is 18.2 Å². The normalized spacial score (nSPS) is 11.1. The number of rotatable bonds is 7. The van der Waals surface area contributed by atoms with Crippen LogP contribution in [0.25, 0.3) is 22.0 Å². The maximum absolute atomic E-state index is 4.64. The first-order valence-corrected chi connectivity index (χ1v) is 8.46. The predicted octanol–water partition coefficient (Wildman–Crippen LogP) is 3.45. The molecule has 0 bridgehead atoms. The molecule has 0 saturated heterocycles. The lowest BCUT2D eigenvalue weighted by molar-refractivity contribution is 0.315. The largest absolute Gasteiger partial charge is 0.352 e. The fourth-order valence-electron chi connectivity index (χ4n) is 2.82. The van der Waals surface area contributed by atoms with E-state index in [1.54, 1.807) is 6.20 Å². The second kappa shape index (κ2) is 7.84. The standard InChI is InChI=1S/C19H23N5/c1-3-24(4-2)13-12-20-19-22-18(14-21-23-19)17-11-7-9-15-8-5-6-10-16(15)17/h5-11,14H,3-4,12-13H2,1-2H3,(H,20,22,23). The third-order valence-electron chi connectivity index (χ3n) is 4.23. The molecular formula is C19H23N5. The van der Waals surface area contributed by atoms with E-state index in [9.17, 15) is 0 Å². The Hall–Kier alpha value is -2.53. The number of fused-ring (bicyclic) bond motifs is 1. The molecule has 5 nitrogen and oxygen atoms in total. The van der Waals surface area contributed by atoms with Gasteiger partial charge in [-0.25, -0.2) is 4.98 Å². The van der Waals surface area contributed by atoms with E-state index in [-0.39, 0.29) is 0 Å². The van der Waals surface area contributed by atoms with Crippen molar-refractivity contribution in [3.05, 3.63) is 48.7 Å². The summed E-state index contributed by atoms with van der Waals surface area (Å²) in [5.74, 6) is 0.576. The SMILES string of the molecule is CCN(CC)CCNc1nncc(-c2cccc3ccccc23)n1. The molecule has 24 heavy (non-hydrogen) atoms. The average Bonchev–Trinajstić information content (AvgIpc) is 2.65. The van der Waals surface area contributed by atoms with Gasteiger partial charge in [-0.2, -0.15) is 5.10 Å². The van der Waals surface area contributed by atoms with Crippen molar-refractivity contribution in [2.45, 2.75) is 13.8 Å². The summed E-state index contributed by atoms with van der Waals surface area (Å²) in [6, 6.07) is 14.5. The topological polar surface area (TPSA) is 53.9 Å². The smallest absolute Gasteiger partial charge is 0.243 e. The van der Waals surface area contributed by atoms with E-state index in [4.69, 9.17) is 0 Å². The van der Waals surface area contributed by atoms with E-state index in [0.29, 0.717) is 5.95 Å². The van der Waals surface area contributed by atoms with Gasteiger partial charge < -0.3 is 10.2 Å². The molecule has 2 aromatic carbocycles. The molecule has 5 heteroatoms. The molecule has 0 aliphatic carbocycles. The number of aromatic nitrogens is 3. The van der Waals surface area contributed by atoms with Crippen LogP contribution in [0.2, 0.25) is 0 Å². The fourth-order valence-corrected chi connectivity index (χ4v) is 2.82. The van der Waals surface area contributed by atoms with Crippen molar-refractivity contribution in [3.8, 4) is 11.3 Å². The minimum absolute atomic E-state index is 0.576. The highest BCUT2D eigenvalue weighted by atomic mass is 15.2. The number of nitrogens with zero attached hydrogens (tertiary/aromatic N) is 4. The molecule has 0 aliphatic heterocycles. The zero-order chi connectivity index (χ0) is 16.8. The molecule has 0 saturated carbocycles. The van der Waals surface area contributed by atoms with Crippen molar-refractivity contribution in [1.82, 2.24) is 20.1 Å². The van der Waals surface area contributed by atoms with E-state index >= 15 is 0 Å². The lowest BCUT2D eigenvalue weighted by Gasteiger charge is -2.17. The Bertz CT molecular complexity index is 793. The van der Waals surface area contributed by atoms with Crippen molar-refractivity contribution in [1.29, 1.82) is 0 Å². The third kappa shape index (κ3) is 3.68. The summed E-state index contributed by atoms with van der Waals surface area (Å²) in [5.41, 5.74) is 1.92. The van der Waals surface area contributed by atoms with Gasteiger partial charge in [-0.05, 0) is 23.9 Å². The van der Waals surface area contributed by atoms with Crippen LogP contribution in [0.3, 0.4) is 0 Å². The van der Waals surface area contributed by atoms with Crippen LogP contribution in [-0.2, 0) is 0 Å². The number of benzene rings is 2. The van der Waals surface area contributed by atoms with Crippen LogP contribution in [0.5, 0.6) is 0 Å². The highest BCUT2D eigenvalue weighted by Gasteiger charge is 2.07. The van der Waals surface area contributed by atoms with Crippen molar-refractivity contribution in [2.24, 2.45) is 0 Å². The Kier molecular flexibility index (Phi) is 5.33. The molecule has 0 spiro atoms. The molecule has 3 rings (SSSR count). The minimum atomic E-state index is 0.576. The number of nitrogens with one attached hydrogen (secondary N) is 1. The number of hydrogen-bond acceptors (Lipinski definition) is 5. The van der Waals surface area contributed by atoms with Gasteiger partial charge in [0.15, 0.2) is 0 Å². The zero-order valence-corrected chi connectivity index (χ0v) is 14.2. The van der Waals surface area contributed by atoms with Crippen LogP contribution < -0.4 is 5.32 Å². The lowest BCUT2D eigenvalue weighted by atomic mass is 10.0. The van der Waals surface area contributed by atoms with Crippen molar-refractivity contribution >= 4 is 16.7 Å². The van der Waals surface area contributed by atoms with Crippen LogP contribution in [0.4, 0.5) is 5.95 Å². The lowest BCUT2D eigenvalue weighted by Crippen LogP contribution is -2.29. The molecule has 1 heterocycles. The maximum Gasteiger partial charge on any atom is 0.243 e. The summed E-state index contributed by atoms with van der Waals surface area (Å²) in [7, 11) is 0. The molecule has 124 valence electrons. The van der Waals surface area contributed by atoms with Gasteiger partial charge in [-0.1, -0.05) is 56.3 Å². The van der Waals surface area contributed by atoms with Crippen LogP contribution in [0.1, 0.15) is 13.8 Å². The van der Waals surface area contributed by atoms with Crippen molar-refractivity contribution in [2.75, 3.05) is 31.5 Å². The van der Waals surface area contributed by atoms with Crippen LogP contribution >= 0.6 is 0 Å². The molecular weight excluding hydrogens is 298 g/mol. The highest BCUT2D eigenvalue weighted by molar-refractivity contribution is 5.95. The Morgan fingerprint density at radius 3 is 2.62 bits per heavy atom. The summed E-state index contributed by atoms with van der Waals surface area (Å²) in [4.78, 5) is 6.99. The number of anilines is 1. The monoisotopic (exact) mass is 321 g/mol. The van der Waals surface area contributed by atoms with Gasteiger partial charge in [0.25, 0.3) is 0 Å². The van der Waals surface area contributed by atoms with Crippen LogP contribution in [0, 0.1) is 0 Å². The van der Waals surface area contributed by atoms with E-state index in [0.717, 1.165) is 37.4 Å². The second-order valence-electron chi connectivity index (χ2n) is 5.65. The minimum Gasteiger partial charge on any atom is -0.352 e. The van der Waals surface area contributed by atoms with Gasteiger partial charge in [-0.3, -0.25) is 0 Å². The van der Waals surface area contributed by atoms with E-state index in [2.05, 4.69) is 63.5 Å². The summed E-state index contributed by atoms with van der Waals surface area (Å²) in [6.07, 6.45) is 1.72. The summed E-state index contributed by atoms with van der Waals surface area (Å²) in [6.45, 7) is 8.21. The molecule has 0 amide bonds. The molecule has 1 N–H and O–H groups in total. The molecule has 0 fully saturated rings. The summed E-state index contributed by atoms with van der Waals surface area (Å²) >= 11 is 0. The van der Waals surface area contributed by atoms with Gasteiger partial charge in [0.05, 0.1) is 11.9 Å². The van der Waals surface area contributed by atoms with Gasteiger partial charge in [0.2, 0.25) is 5.95 Å². The van der Waals surface area contributed by atoms with Gasteiger partial charge >= 0.3 is 0 Å². The Morgan fingerprint density at radius 1 is 1.00 bits per heavy atom. The molecule has 0 atom stereocenters. The molecule has 1 aromatic heterocycles. The first-order chi connectivity index (χ1) is 11.8. The Balaban J connectivity index is 1.80. The van der Waals surface area contributed by atoms with Gasteiger partial charge in [0, 0.05) is 18.7 Å². The van der Waals surface area contributed by atoms with Gasteiger partial charge in [-0.15, -0.1) is 5.10 Å². The first-order valence-electron chi connectivity index (χ1n) is 8.46. The molecule has 3 aromatic rings. The zero-order valence-electron chi connectivity index (χ0n) is 14.2. The van der Waals surface area contributed by atoms with Crippen molar-refractivity contribution in [3.63, 3.8) is 0 Å². The maximum atomic E-state index is 4.64. The summed E-state index contributed by atoms with van der Waals surface area (Å²) < 4.78 is 0. The van der Waals surface area contributed by atoms with E-state index < -0.39 is 0 Å². The summed E-state index contributed by atoms with van der Waals surface area (Å²) in [5, 5.41) is 13.9. The molecule has 0 radical (unpaired) electrons. The van der Waals surface area contributed by atoms with Crippen molar-refractivity contribution < 1.29 is 0 Å². The quantitative estimate of drug-likeness (QED) is 0.722.